The van der Waals surface area contributed by atoms with Gasteiger partial charge in [0.05, 0.1) is 24.9 Å². The van der Waals surface area contributed by atoms with Crippen LogP contribution in [0.2, 0.25) is 0 Å². The first-order valence-electron chi connectivity index (χ1n) is 21.1. The van der Waals surface area contributed by atoms with Crippen molar-refractivity contribution in [3.63, 3.8) is 0 Å². The van der Waals surface area contributed by atoms with E-state index < -0.39 is 69.2 Å². The van der Waals surface area contributed by atoms with Crippen molar-refractivity contribution >= 4 is 25.5 Å². The molecule has 5 N–H and O–H groups in total. The van der Waals surface area contributed by atoms with Gasteiger partial charge in [0.1, 0.15) is 12.4 Å². The number of carbonyl (C=O) groups is 3. The molecule has 0 aromatic carbocycles. The maximum Gasteiger partial charge on any atom is 0.469 e. The van der Waals surface area contributed by atoms with E-state index in [1.807, 2.05) is 12.2 Å². The lowest BCUT2D eigenvalue weighted by Crippen LogP contribution is -2.29. The molecule has 1 rings (SSSR count). The van der Waals surface area contributed by atoms with Gasteiger partial charge in [0.15, 0.2) is 6.10 Å². The number of Topliss-reactive ketones (excluding diaryl/α,β-unsaturated/α-hetero) is 1. The van der Waals surface area contributed by atoms with Gasteiger partial charge in [-0.1, -0.05) is 114 Å². The van der Waals surface area contributed by atoms with Crippen molar-refractivity contribution in [3.8, 4) is 0 Å². The van der Waals surface area contributed by atoms with Crippen LogP contribution in [0, 0.1) is 11.8 Å². The topological polar surface area (TPSA) is 197 Å². The van der Waals surface area contributed by atoms with E-state index in [0.717, 1.165) is 38.5 Å². The number of allylic oxidation sites excluding steroid dienone is 6. The minimum absolute atomic E-state index is 0.0574. The molecule has 0 unspecified atom stereocenters. The van der Waals surface area contributed by atoms with E-state index in [-0.39, 0.29) is 37.9 Å². The van der Waals surface area contributed by atoms with Gasteiger partial charge in [-0.05, 0) is 57.8 Å². The number of hydrogen-bond acceptors (Lipinski definition) is 10. The summed E-state index contributed by atoms with van der Waals surface area (Å²) < 4.78 is 26.2. The summed E-state index contributed by atoms with van der Waals surface area (Å²) in [6.45, 7) is 3.20. The maximum atomic E-state index is 12.8. The van der Waals surface area contributed by atoms with Crippen molar-refractivity contribution < 1.29 is 58.1 Å². The summed E-state index contributed by atoms with van der Waals surface area (Å²) in [5.74, 6) is -2.28. The normalized spacial score (nSPS) is 20.1. The zero-order chi connectivity index (χ0) is 41.4. The van der Waals surface area contributed by atoms with Crippen LogP contribution in [0.3, 0.4) is 0 Å². The summed E-state index contributed by atoms with van der Waals surface area (Å²) in [5, 5.41) is 31.2. The summed E-state index contributed by atoms with van der Waals surface area (Å²) in [6, 6.07) is 0. The Bertz CT molecular complexity index is 1230. The molecule has 0 aromatic heterocycles. The monoisotopic (exact) mass is 812 g/mol. The lowest BCUT2D eigenvalue weighted by molar-refractivity contribution is -0.161. The number of ether oxygens (including phenoxy) is 2. The third-order valence-electron chi connectivity index (χ3n) is 9.80. The van der Waals surface area contributed by atoms with Crippen LogP contribution in [0.1, 0.15) is 155 Å². The van der Waals surface area contributed by atoms with Crippen LogP contribution in [-0.2, 0) is 32.9 Å². The number of aliphatic hydroxyl groups excluding tert-OH is 3. The fourth-order valence-corrected chi connectivity index (χ4v) is 6.92. The molecule has 13 heteroatoms. The number of rotatable bonds is 34. The lowest BCUT2D eigenvalue weighted by atomic mass is 9.87. The Balaban J connectivity index is 2.36. The summed E-state index contributed by atoms with van der Waals surface area (Å²) in [6.07, 6.45) is 29.0. The van der Waals surface area contributed by atoms with Gasteiger partial charge in [-0.15, -0.1) is 0 Å². The number of aliphatic hydroxyl groups is 3. The minimum Gasteiger partial charge on any atom is -0.462 e. The highest BCUT2D eigenvalue weighted by molar-refractivity contribution is 7.46. The van der Waals surface area contributed by atoms with Gasteiger partial charge >= 0.3 is 19.8 Å². The fourth-order valence-electron chi connectivity index (χ4n) is 6.56. The fraction of sp³-hybridized carbons (Fsp3) is 0.744. The van der Waals surface area contributed by atoms with E-state index in [2.05, 4.69) is 42.7 Å². The number of unbranched alkanes of at least 4 members (excludes halogenated alkanes) is 10. The predicted octanol–water partition coefficient (Wildman–Crippen LogP) is 8.30. The summed E-state index contributed by atoms with van der Waals surface area (Å²) >= 11 is 0. The molecule has 0 aromatic rings. The number of carbonyl (C=O) groups excluding carboxylic acids is 3. The molecule has 0 radical (unpaired) electrons. The highest BCUT2D eigenvalue weighted by atomic mass is 31.2. The first kappa shape index (κ1) is 51.6. The van der Waals surface area contributed by atoms with Crippen molar-refractivity contribution in [3.05, 3.63) is 48.6 Å². The Morgan fingerprint density at radius 2 is 1.30 bits per heavy atom. The Morgan fingerprint density at radius 3 is 1.98 bits per heavy atom. The quantitative estimate of drug-likeness (QED) is 0.0181. The van der Waals surface area contributed by atoms with E-state index in [9.17, 15) is 34.3 Å². The van der Waals surface area contributed by atoms with Crippen LogP contribution >= 0.6 is 7.82 Å². The third-order valence-corrected chi connectivity index (χ3v) is 10.3. The van der Waals surface area contributed by atoms with Gasteiger partial charge in [0.25, 0.3) is 0 Å². The second kappa shape index (κ2) is 32.5. The standard InChI is InChI=1S/C43H73O12P/c1-3-5-7-8-9-10-11-12-13-14-15-16-17-18-19-20-22-27-42(48)53-33-37(34-54-56(50,51)52)55-43(49)28-24-23-26-36(45)31-39-38(40(46)32-41(39)47)30-29-35(44)25-21-6-4-2/h12-13,15-16,18-19,29-30,35,37-41,44,46-47H,3-11,14,17,20-28,31-34H2,1-2H3,(H2,50,51,52)/b13-12-,16-15-,19-18-,30-29+/t35-,37+,38+,39+,40+,41-/m0/s1. The first-order valence-corrected chi connectivity index (χ1v) is 22.6. The average molecular weight is 813 g/mol. The van der Waals surface area contributed by atoms with Gasteiger partial charge in [0, 0.05) is 43.9 Å². The van der Waals surface area contributed by atoms with Crippen molar-refractivity contribution in [2.45, 2.75) is 180 Å². The van der Waals surface area contributed by atoms with Crippen molar-refractivity contribution in [2.24, 2.45) is 11.8 Å². The molecule has 322 valence electrons. The van der Waals surface area contributed by atoms with Gasteiger partial charge in [0.2, 0.25) is 0 Å². The second-order valence-corrected chi connectivity index (χ2v) is 16.2. The summed E-state index contributed by atoms with van der Waals surface area (Å²) in [5.41, 5.74) is 0. The minimum atomic E-state index is -4.87. The molecule has 0 amide bonds. The number of hydrogen-bond donors (Lipinski definition) is 5. The lowest BCUT2D eigenvalue weighted by Gasteiger charge is -2.20. The Hall–Kier alpha value is -2.44. The van der Waals surface area contributed by atoms with Crippen molar-refractivity contribution in [1.82, 2.24) is 0 Å². The van der Waals surface area contributed by atoms with Crippen LogP contribution in [0.15, 0.2) is 48.6 Å². The van der Waals surface area contributed by atoms with Gasteiger partial charge in [-0.25, -0.2) is 4.57 Å². The van der Waals surface area contributed by atoms with Crippen LogP contribution in [0.5, 0.6) is 0 Å². The first-order chi connectivity index (χ1) is 26.9. The molecule has 0 heterocycles. The average Bonchev–Trinajstić information content (AvgIpc) is 3.41. The van der Waals surface area contributed by atoms with Crippen molar-refractivity contribution in [1.29, 1.82) is 0 Å². The molecule has 6 atom stereocenters. The van der Waals surface area contributed by atoms with Crippen LogP contribution < -0.4 is 0 Å². The molecule has 56 heavy (non-hydrogen) atoms. The number of ketones is 1. The molecular formula is C43H73O12P. The van der Waals surface area contributed by atoms with Crippen LogP contribution in [0.25, 0.3) is 0 Å². The highest BCUT2D eigenvalue weighted by Gasteiger charge is 2.41. The zero-order valence-corrected chi connectivity index (χ0v) is 35.0. The van der Waals surface area contributed by atoms with Gasteiger partial charge in [-0.3, -0.25) is 18.9 Å². The largest absolute Gasteiger partial charge is 0.469 e. The van der Waals surface area contributed by atoms with Crippen molar-refractivity contribution in [2.75, 3.05) is 13.2 Å². The summed E-state index contributed by atoms with van der Waals surface area (Å²) in [7, 11) is -4.87. The van der Waals surface area contributed by atoms with E-state index in [1.165, 1.54) is 38.5 Å². The van der Waals surface area contributed by atoms with Crippen LogP contribution in [-0.4, -0.2) is 80.5 Å². The highest BCUT2D eigenvalue weighted by Crippen LogP contribution is 2.37. The van der Waals surface area contributed by atoms with E-state index in [1.54, 1.807) is 12.2 Å². The van der Waals surface area contributed by atoms with Gasteiger partial charge < -0.3 is 34.6 Å². The molecule has 1 aliphatic carbocycles. The molecule has 1 saturated carbocycles. The number of phosphoric ester groups is 1. The van der Waals surface area contributed by atoms with E-state index in [0.29, 0.717) is 32.1 Å². The Morgan fingerprint density at radius 1 is 0.714 bits per heavy atom. The zero-order valence-electron chi connectivity index (χ0n) is 34.1. The Labute approximate surface area is 336 Å². The van der Waals surface area contributed by atoms with Crippen LogP contribution in [0.4, 0.5) is 0 Å². The Kier molecular flexibility index (Phi) is 29.9. The van der Waals surface area contributed by atoms with E-state index >= 15 is 0 Å². The second-order valence-electron chi connectivity index (χ2n) is 14.9. The summed E-state index contributed by atoms with van der Waals surface area (Å²) in [4.78, 5) is 55.8. The molecule has 0 saturated heterocycles. The number of phosphoric acid groups is 1. The maximum absolute atomic E-state index is 12.8. The molecule has 0 spiro atoms. The molecular weight excluding hydrogens is 739 g/mol. The molecule has 0 bridgehead atoms. The predicted molar refractivity (Wildman–Crippen MR) is 218 cm³/mol. The van der Waals surface area contributed by atoms with E-state index in [4.69, 9.17) is 19.3 Å². The molecule has 1 fully saturated rings. The molecule has 1 aliphatic rings. The third kappa shape index (κ3) is 28.0. The molecule has 0 aliphatic heterocycles. The number of esters is 2. The molecule has 12 nitrogen and oxygen atoms in total. The smallest absolute Gasteiger partial charge is 0.462 e. The van der Waals surface area contributed by atoms with Gasteiger partial charge in [-0.2, -0.15) is 0 Å². The SMILES string of the molecule is CCCCCCCC/C=C\C/C=C\C/C=C\CCCC(=O)OC[C@H](COP(=O)(O)O)OC(=O)CCCCC(=O)C[C@@H]1[C@@H](/C=C/[C@@H](O)CCCCC)[C@H](O)C[C@@H]1O.